The number of ketones is 1. The summed E-state index contributed by atoms with van der Waals surface area (Å²) in [5.41, 5.74) is 2.71. The fraction of sp³-hybridized carbons (Fsp3) is 0.179. The summed E-state index contributed by atoms with van der Waals surface area (Å²) in [5, 5.41) is 12.1. The molecule has 1 unspecified atom stereocenters. The SMILES string of the molecule is C=CCOC(=O)c1sc(N2C(=O)C(=O)/C(=C(/O)c3nc4c(C)cccn4c3C)C2c2ccc(Cl)c(Cl)c2)nc1C. The van der Waals surface area contributed by atoms with Gasteiger partial charge in [-0.2, -0.15) is 0 Å². The number of aromatic nitrogens is 3. The molecule has 12 heteroatoms. The van der Waals surface area contributed by atoms with Gasteiger partial charge in [-0.25, -0.2) is 14.8 Å². The van der Waals surface area contributed by atoms with E-state index in [0.717, 1.165) is 21.8 Å². The number of benzene rings is 1. The molecule has 0 aliphatic carbocycles. The first-order valence-corrected chi connectivity index (χ1v) is 13.6. The van der Waals surface area contributed by atoms with Crippen LogP contribution in [-0.2, 0) is 14.3 Å². The van der Waals surface area contributed by atoms with Gasteiger partial charge in [0.05, 0.1) is 33.0 Å². The molecule has 4 heterocycles. The Kier molecular flexibility index (Phi) is 7.26. The molecule has 1 atom stereocenters. The second-order valence-electron chi connectivity index (χ2n) is 9.07. The van der Waals surface area contributed by atoms with Crippen molar-refractivity contribution in [1.29, 1.82) is 0 Å². The number of imidazole rings is 1. The van der Waals surface area contributed by atoms with Crippen LogP contribution in [0.15, 0.2) is 54.8 Å². The van der Waals surface area contributed by atoms with Crippen LogP contribution in [0, 0.1) is 20.8 Å². The minimum Gasteiger partial charge on any atom is -0.505 e. The Hall–Kier alpha value is -3.99. The van der Waals surface area contributed by atoms with Crippen molar-refractivity contribution in [1.82, 2.24) is 14.4 Å². The predicted molar refractivity (Wildman–Crippen MR) is 153 cm³/mol. The number of aliphatic hydroxyl groups excluding tert-OH is 1. The van der Waals surface area contributed by atoms with Crippen LogP contribution in [0.1, 0.15) is 43.9 Å². The van der Waals surface area contributed by atoms with E-state index in [1.54, 1.807) is 30.5 Å². The molecule has 3 aromatic heterocycles. The van der Waals surface area contributed by atoms with E-state index in [1.165, 1.54) is 18.2 Å². The highest BCUT2D eigenvalue weighted by Gasteiger charge is 2.49. The Bertz CT molecular complexity index is 1770. The van der Waals surface area contributed by atoms with E-state index in [0.29, 0.717) is 22.6 Å². The van der Waals surface area contributed by atoms with E-state index in [2.05, 4.69) is 16.5 Å². The summed E-state index contributed by atoms with van der Waals surface area (Å²) < 4.78 is 6.93. The van der Waals surface area contributed by atoms with Gasteiger partial charge in [0, 0.05) is 6.20 Å². The number of hydrogen-bond acceptors (Lipinski definition) is 8. The molecule has 4 aromatic rings. The third kappa shape index (κ3) is 4.47. The molecule has 0 spiro atoms. The molecule has 0 saturated carbocycles. The highest BCUT2D eigenvalue weighted by molar-refractivity contribution is 7.17. The number of nitrogens with zero attached hydrogens (tertiary/aromatic N) is 4. The number of Topliss-reactive ketones (excluding diaryl/α,β-unsaturated/α-hetero) is 1. The standard InChI is InChI=1S/C28H22Cl2N4O5S/c1-5-11-39-27(38)24-14(3)31-28(40-24)34-21(16-8-9-17(29)18(30)12-16)19(23(36)26(34)37)22(35)20-15(4)33-10-6-7-13(2)25(33)32-20/h5-10,12,21,35H,1,11H2,2-4H3/b22-19+. The van der Waals surface area contributed by atoms with Crippen LogP contribution >= 0.6 is 34.5 Å². The van der Waals surface area contributed by atoms with Crippen LogP contribution in [0.4, 0.5) is 5.13 Å². The first kappa shape index (κ1) is 27.6. The molecule has 1 N–H and O–H groups in total. The van der Waals surface area contributed by atoms with Gasteiger partial charge < -0.3 is 14.2 Å². The summed E-state index contributed by atoms with van der Waals surface area (Å²) in [6.07, 6.45) is 3.22. The second kappa shape index (κ2) is 10.5. The van der Waals surface area contributed by atoms with Crippen molar-refractivity contribution in [3.8, 4) is 0 Å². The third-order valence-corrected chi connectivity index (χ3v) is 8.40. The molecule has 1 fully saturated rings. The summed E-state index contributed by atoms with van der Waals surface area (Å²) in [6.45, 7) is 8.75. The third-order valence-electron chi connectivity index (χ3n) is 6.52. The minimum absolute atomic E-state index is 0.00284. The van der Waals surface area contributed by atoms with Gasteiger partial charge in [-0.05, 0) is 50.1 Å². The quantitative estimate of drug-likeness (QED) is 0.0955. The maximum Gasteiger partial charge on any atom is 0.350 e. The van der Waals surface area contributed by atoms with Gasteiger partial charge in [-0.1, -0.05) is 59.3 Å². The van der Waals surface area contributed by atoms with Crippen molar-refractivity contribution in [2.45, 2.75) is 26.8 Å². The zero-order valence-corrected chi connectivity index (χ0v) is 23.9. The summed E-state index contributed by atoms with van der Waals surface area (Å²) in [7, 11) is 0. The minimum atomic E-state index is -1.14. The van der Waals surface area contributed by atoms with Gasteiger partial charge in [0.25, 0.3) is 5.78 Å². The fourth-order valence-electron chi connectivity index (χ4n) is 4.58. The maximum absolute atomic E-state index is 13.6. The molecule has 204 valence electrons. The number of thiazole rings is 1. The molecule has 1 aliphatic rings. The molecule has 9 nitrogen and oxygen atoms in total. The Labute approximate surface area is 242 Å². The first-order chi connectivity index (χ1) is 19.0. The summed E-state index contributed by atoms with van der Waals surface area (Å²) in [5.74, 6) is -2.96. The van der Waals surface area contributed by atoms with E-state index in [1.807, 2.05) is 19.1 Å². The van der Waals surface area contributed by atoms with E-state index in [-0.39, 0.29) is 37.9 Å². The number of aryl methyl sites for hydroxylation is 3. The predicted octanol–water partition coefficient (Wildman–Crippen LogP) is 5.99. The van der Waals surface area contributed by atoms with Gasteiger partial charge in [0.2, 0.25) is 0 Å². The Morgan fingerprint density at radius 1 is 1.18 bits per heavy atom. The van der Waals surface area contributed by atoms with Gasteiger partial charge in [0.1, 0.15) is 22.8 Å². The zero-order chi connectivity index (χ0) is 28.9. The number of hydrogen-bond donors (Lipinski definition) is 1. The van der Waals surface area contributed by atoms with Gasteiger partial charge in [-0.15, -0.1) is 0 Å². The van der Waals surface area contributed by atoms with E-state index in [4.69, 9.17) is 27.9 Å². The lowest BCUT2D eigenvalue weighted by atomic mass is 9.96. The number of ether oxygens (including phenoxy) is 1. The smallest absolute Gasteiger partial charge is 0.350 e. The number of carbonyl (C=O) groups excluding carboxylic acids is 3. The van der Waals surface area contributed by atoms with E-state index in [9.17, 15) is 19.5 Å². The monoisotopic (exact) mass is 596 g/mol. The number of aliphatic hydroxyl groups is 1. The lowest BCUT2D eigenvalue weighted by molar-refractivity contribution is -0.132. The van der Waals surface area contributed by atoms with Crippen molar-refractivity contribution in [3.05, 3.63) is 97.9 Å². The Morgan fingerprint density at radius 3 is 2.60 bits per heavy atom. The number of pyridine rings is 1. The van der Waals surface area contributed by atoms with Crippen LogP contribution in [0.25, 0.3) is 11.4 Å². The number of rotatable bonds is 6. The molecular weight excluding hydrogens is 575 g/mol. The van der Waals surface area contributed by atoms with E-state index < -0.39 is 29.5 Å². The number of halogens is 2. The number of anilines is 1. The van der Waals surface area contributed by atoms with Crippen molar-refractivity contribution < 1.29 is 24.2 Å². The summed E-state index contributed by atoms with van der Waals surface area (Å²) in [4.78, 5) is 50.0. The molecule has 1 saturated heterocycles. The molecule has 0 bridgehead atoms. The van der Waals surface area contributed by atoms with Crippen LogP contribution in [0.2, 0.25) is 10.0 Å². The molecular formula is C28H22Cl2N4O5S. The lowest BCUT2D eigenvalue weighted by Gasteiger charge is -2.23. The number of esters is 1. The summed E-state index contributed by atoms with van der Waals surface area (Å²) in [6, 6.07) is 7.24. The van der Waals surface area contributed by atoms with Crippen LogP contribution < -0.4 is 4.90 Å². The topological polar surface area (TPSA) is 114 Å². The largest absolute Gasteiger partial charge is 0.505 e. The molecule has 0 radical (unpaired) electrons. The van der Waals surface area contributed by atoms with Crippen molar-refractivity contribution in [2.75, 3.05) is 11.5 Å². The van der Waals surface area contributed by atoms with Crippen molar-refractivity contribution in [2.24, 2.45) is 0 Å². The average molecular weight is 597 g/mol. The highest BCUT2D eigenvalue weighted by atomic mass is 35.5. The van der Waals surface area contributed by atoms with Gasteiger partial charge in [-0.3, -0.25) is 14.5 Å². The molecule has 1 amide bonds. The first-order valence-electron chi connectivity index (χ1n) is 12.0. The zero-order valence-electron chi connectivity index (χ0n) is 21.6. The molecule has 5 rings (SSSR count). The molecule has 1 aliphatic heterocycles. The number of carbonyl (C=O) groups is 3. The second-order valence-corrected chi connectivity index (χ2v) is 10.9. The molecule has 1 aromatic carbocycles. The summed E-state index contributed by atoms with van der Waals surface area (Å²) >= 11 is 13.4. The Morgan fingerprint density at radius 2 is 1.93 bits per heavy atom. The Balaban J connectivity index is 1.73. The molecule has 40 heavy (non-hydrogen) atoms. The van der Waals surface area contributed by atoms with E-state index >= 15 is 0 Å². The lowest BCUT2D eigenvalue weighted by Crippen LogP contribution is -2.29. The number of fused-ring (bicyclic) bond motifs is 1. The average Bonchev–Trinajstić information content (AvgIpc) is 3.56. The van der Waals surface area contributed by atoms with Crippen LogP contribution in [-0.4, -0.2) is 43.7 Å². The number of amides is 1. The van der Waals surface area contributed by atoms with Gasteiger partial charge >= 0.3 is 11.9 Å². The van der Waals surface area contributed by atoms with Crippen LogP contribution in [0.3, 0.4) is 0 Å². The van der Waals surface area contributed by atoms with Gasteiger partial charge in [0.15, 0.2) is 10.9 Å². The fourth-order valence-corrected chi connectivity index (χ4v) is 5.87. The van der Waals surface area contributed by atoms with Crippen molar-refractivity contribution in [3.63, 3.8) is 0 Å². The highest BCUT2D eigenvalue weighted by Crippen LogP contribution is 2.45. The normalized spacial score (nSPS) is 16.6. The van der Waals surface area contributed by atoms with Crippen molar-refractivity contribution >= 4 is 68.7 Å². The van der Waals surface area contributed by atoms with Crippen LogP contribution in [0.5, 0.6) is 0 Å². The maximum atomic E-state index is 13.6.